The molecule has 0 unspecified atom stereocenters. The molecule has 0 radical (unpaired) electrons. The lowest BCUT2D eigenvalue weighted by Crippen LogP contribution is -2.41. The van der Waals surface area contributed by atoms with E-state index in [0.717, 1.165) is 30.8 Å². The third-order valence-corrected chi connectivity index (χ3v) is 3.87. The Labute approximate surface area is 131 Å². The van der Waals surface area contributed by atoms with Gasteiger partial charge in [0.05, 0.1) is 11.4 Å². The van der Waals surface area contributed by atoms with E-state index >= 15 is 0 Å². The Hall–Kier alpha value is -1.63. The second-order valence-corrected chi connectivity index (χ2v) is 6.68. The summed E-state index contributed by atoms with van der Waals surface area (Å²) in [5.74, 6) is 0.354. The zero-order chi connectivity index (χ0) is 16.3. The first-order valence-electron chi connectivity index (χ1n) is 7.96. The van der Waals surface area contributed by atoms with E-state index < -0.39 is 5.60 Å². The molecular formula is C15H27N5O2. The van der Waals surface area contributed by atoms with Crippen LogP contribution in [-0.4, -0.2) is 44.7 Å². The van der Waals surface area contributed by atoms with Crippen LogP contribution >= 0.6 is 0 Å². The van der Waals surface area contributed by atoms with Crippen LogP contribution in [0.5, 0.6) is 0 Å². The number of amides is 1. The number of hydrogen-bond donors (Lipinski definition) is 1. The van der Waals surface area contributed by atoms with E-state index in [1.807, 2.05) is 32.4 Å². The lowest BCUT2D eigenvalue weighted by molar-refractivity contribution is 0.0203. The first-order chi connectivity index (χ1) is 10.4. The van der Waals surface area contributed by atoms with E-state index in [1.54, 1.807) is 4.90 Å². The molecule has 2 rings (SSSR count). The second-order valence-electron chi connectivity index (χ2n) is 6.68. The van der Waals surface area contributed by atoms with E-state index in [0.29, 0.717) is 25.6 Å². The molecule has 1 aliphatic heterocycles. The average molecular weight is 309 g/mol. The molecule has 1 aromatic heterocycles. The number of ether oxygens (including phenoxy) is 1. The Morgan fingerprint density at radius 1 is 1.36 bits per heavy atom. The summed E-state index contributed by atoms with van der Waals surface area (Å²) in [7, 11) is 0. The maximum absolute atomic E-state index is 12.1. The molecule has 1 amide bonds. The highest BCUT2D eigenvalue weighted by Gasteiger charge is 2.30. The molecule has 1 aliphatic rings. The Kier molecular flexibility index (Phi) is 5.05. The predicted molar refractivity (Wildman–Crippen MR) is 83.4 cm³/mol. The number of aryl methyl sites for hydroxylation is 1. The Morgan fingerprint density at radius 3 is 2.50 bits per heavy atom. The van der Waals surface area contributed by atoms with Gasteiger partial charge in [0.2, 0.25) is 0 Å². The summed E-state index contributed by atoms with van der Waals surface area (Å²) < 4.78 is 7.36. The van der Waals surface area contributed by atoms with E-state index in [9.17, 15) is 4.79 Å². The van der Waals surface area contributed by atoms with Crippen LogP contribution in [0.3, 0.4) is 0 Å². The highest BCUT2D eigenvalue weighted by atomic mass is 16.6. The van der Waals surface area contributed by atoms with Gasteiger partial charge in [-0.2, -0.15) is 0 Å². The Balaban J connectivity index is 2.01. The Morgan fingerprint density at radius 2 is 2.00 bits per heavy atom. The van der Waals surface area contributed by atoms with Crippen molar-refractivity contribution in [1.29, 1.82) is 0 Å². The topological polar surface area (TPSA) is 86.3 Å². The summed E-state index contributed by atoms with van der Waals surface area (Å²) in [5.41, 5.74) is 7.32. The minimum Gasteiger partial charge on any atom is -0.444 e. The van der Waals surface area contributed by atoms with Gasteiger partial charge in [-0.1, -0.05) is 5.21 Å². The largest absolute Gasteiger partial charge is 0.444 e. The Bertz CT molecular complexity index is 491. The van der Waals surface area contributed by atoms with Gasteiger partial charge in [-0.15, -0.1) is 5.10 Å². The average Bonchev–Trinajstić information content (AvgIpc) is 2.88. The molecular weight excluding hydrogens is 282 g/mol. The van der Waals surface area contributed by atoms with Crippen LogP contribution in [0.15, 0.2) is 0 Å². The van der Waals surface area contributed by atoms with Crippen molar-refractivity contribution in [2.45, 2.75) is 65.1 Å². The van der Waals surface area contributed by atoms with Crippen molar-refractivity contribution in [3.63, 3.8) is 0 Å². The number of nitrogens with zero attached hydrogens (tertiary/aromatic N) is 4. The summed E-state index contributed by atoms with van der Waals surface area (Å²) in [6, 6.07) is 0. The van der Waals surface area contributed by atoms with Gasteiger partial charge in [-0.25, -0.2) is 9.48 Å². The summed E-state index contributed by atoms with van der Waals surface area (Å²) >= 11 is 0. The normalized spacial score (nSPS) is 16.9. The summed E-state index contributed by atoms with van der Waals surface area (Å²) in [6.45, 7) is 10.3. The van der Waals surface area contributed by atoms with Crippen molar-refractivity contribution >= 4 is 6.09 Å². The lowest BCUT2D eigenvalue weighted by atomic mass is 9.92. The van der Waals surface area contributed by atoms with E-state index in [2.05, 4.69) is 10.3 Å². The van der Waals surface area contributed by atoms with Gasteiger partial charge in [0.1, 0.15) is 5.60 Å². The molecule has 1 saturated heterocycles. The number of carbonyl (C=O) groups excluding carboxylic acids is 1. The van der Waals surface area contributed by atoms with Gasteiger partial charge in [-0.05, 0) is 40.5 Å². The SMILES string of the molecule is CCn1nnc(CN)c1C1CCN(C(=O)OC(C)(C)C)CC1. The molecule has 0 spiro atoms. The quantitative estimate of drug-likeness (QED) is 0.921. The molecule has 0 aliphatic carbocycles. The first kappa shape index (κ1) is 16.7. The van der Waals surface area contributed by atoms with Crippen LogP contribution in [0.1, 0.15) is 57.8 Å². The van der Waals surface area contributed by atoms with E-state index in [1.165, 1.54) is 0 Å². The number of nitrogens with two attached hydrogens (primary N) is 1. The zero-order valence-electron chi connectivity index (χ0n) is 14.0. The van der Waals surface area contributed by atoms with Gasteiger partial charge < -0.3 is 15.4 Å². The monoisotopic (exact) mass is 309 g/mol. The third kappa shape index (κ3) is 3.76. The fourth-order valence-corrected chi connectivity index (χ4v) is 2.84. The predicted octanol–water partition coefficient (Wildman–Crippen LogP) is 1.87. The molecule has 7 nitrogen and oxygen atoms in total. The van der Waals surface area contributed by atoms with Gasteiger partial charge in [-0.3, -0.25) is 0 Å². The maximum Gasteiger partial charge on any atom is 0.410 e. The van der Waals surface area contributed by atoms with Crippen molar-refractivity contribution in [2.75, 3.05) is 13.1 Å². The molecule has 2 N–H and O–H groups in total. The van der Waals surface area contributed by atoms with Crippen LogP contribution in [0.2, 0.25) is 0 Å². The number of piperidine rings is 1. The number of likely N-dealkylation sites (tertiary alicyclic amines) is 1. The summed E-state index contributed by atoms with van der Waals surface area (Å²) in [5, 5.41) is 8.33. The summed E-state index contributed by atoms with van der Waals surface area (Å²) in [6.07, 6.45) is 1.55. The van der Waals surface area contributed by atoms with Crippen molar-refractivity contribution in [3.8, 4) is 0 Å². The van der Waals surface area contributed by atoms with E-state index in [4.69, 9.17) is 10.5 Å². The highest BCUT2D eigenvalue weighted by molar-refractivity contribution is 5.68. The van der Waals surface area contributed by atoms with Gasteiger partial charge in [0, 0.05) is 32.1 Å². The van der Waals surface area contributed by atoms with Crippen LogP contribution in [0, 0.1) is 0 Å². The molecule has 22 heavy (non-hydrogen) atoms. The minimum atomic E-state index is -0.453. The van der Waals surface area contributed by atoms with Crippen molar-refractivity contribution < 1.29 is 9.53 Å². The third-order valence-electron chi connectivity index (χ3n) is 3.87. The molecule has 2 heterocycles. The molecule has 124 valence electrons. The van der Waals surface area contributed by atoms with Gasteiger partial charge in [0.15, 0.2) is 0 Å². The number of rotatable bonds is 3. The van der Waals surface area contributed by atoms with Crippen LogP contribution in [-0.2, 0) is 17.8 Å². The van der Waals surface area contributed by atoms with Crippen molar-refractivity contribution in [2.24, 2.45) is 5.73 Å². The van der Waals surface area contributed by atoms with Crippen molar-refractivity contribution in [1.82, 2.24) is 19.9 Å². The molecule has 7 heteroatoms. The molecule has 0 saturated carbocycles. The molecule has 1 fully saturated rings. The van der Waals surface area contributed by atoms with Crippen molar-refractivity contribution in [3.05, 3.63) is 11.4 Å². The zero-order valence-corrected chi connectivity index (χ0v) is 14.0. The molecule has 1 aromatic rings. The van der Waals surface area contributed by atoms with Gasteiger partial charge >= 0.3 is 6.09 Å². The second kappa shape index (κ2) is 6.64. The standard InChI is InChI=1S/C15H27N5O2/c1-5-20-13(12(10-16)17-18-20)11-6-8-19(9-7-11)14(21)22-15(2,3)4/h11H,5-10,16H2,1-4H3. The minimum absolute atomic E-state index is 0.230. The van der Waals surface area contributed by atoms with Crippen LogP contribution in [0.4, 0.5) is 4.79 Å². The number of carbonyl (C=O) groups is 1. The molecule has 0 bridgehead atoms. The smallest absolute Gasteiger partial charge is 0.410 e. The van der Waals surface area contributed by atoms with Crippen LogP contribution in [0.25, 0.3) is 0 Å². The fourth-order valence-electron chi connectivity index (χ4n) is 2.84. The number of hydrogen-bond acceptors (Lipinski definition) is 5. The maximum atomic E-state index is 12.1. The fraction of sp³-hybridized carbons (Fsp3) is 0.800. The molecule has 0 aromatic carbocycles. The lowest BCUT2D eigenvalue weighted by Gasteiger charge is -2.33. The molecule has 0 atom stereocenters. The first-order valence-corrected chi connectivity index (χ1v) is 7.96. The van der Waals surface area contributed by atoms with E-state index in [-0.39, 0.29) is 6.09 Å². The highest BCUT2D eigenvalue weighted by Crippen LogP contribution is 2.30. The van der Waals surface area contributed by atoms with Crippen LogP contribution < -0.4 is 5.73 Å². The summed E-state index contributed by atoms with van der Waals surface area (Å²) in [4.78, 5) is 13.9. The number of aromatic nitrogens is 3. The van der Waals surface area contributed by atoms with Gasteiger partial charge in [0.25, 0.3) is 0 Å².